The first-order valence-corrected chi connectivity index (χ1v) is 4.99. The minimum Gasteiger partial charge on any atom is -0.449 e. The van der Waals surface area contributed by atoms with Crippen molar-refractivity contribution in [3.63, 3.8) is 0 Å². The fourth-order valence-corrected chi connectivity index (χ4v) is 0.902. The number of rotatable bonds is 4. The van der Waals surface area contributed by atoms with Crippen molar-refractivity contribution in [2.45, 2.75) is 27.2 Å². The fraction of sp³-hybridized carbons (Fsp3) is 0.600. The summed E-state index contributed by atoms with van der Waals surface area (Å²) >= 11 is 0. The summed E-state index contributed by atoms with van der Waals surface area (Å²) in [5, 5.41) is 6.09. The molecule has 15 heavy (non-hydrogen) atoms. The van der Waals surface area contributed by atoms with E-state index < -0.39 is 6.09 Å². The number of amides is 1. The van der Waals surface area contributed by atoms with Crippen molar-refractivity contribution < 1.29 is 14.1 Å². The summed E-state index contributed by atoms with van der Waals surface area (Å²) in [6, 6.07) is 1.63. The van der Waals surface area contributed by atoms with Gasteiger partial charge in [0, 0.05) is 6.07 Å². The molecular formula is C10H16N2O3. The average molecular weight is 212 g/mol. The predicted octanol–water partition coefficient (Wildman–Crippen LogP) is 2.58. The van der Waals surface area contributed by atoms with Crippen molar-refractivity contribution in [3.05, 3.63) is 11.8 Å². The van der Waals surface area contributed by atoms with Gasteiger partial charge in [0.1, 0.15) is 5.76 Å². The lowest BCUT2D eigenvalue weighted by Crippen LogP contribution is -2.17. The molecule has 0 aliphatic rings. The minimum absolute atomic E-state index is 0.370. The molecule has 0 aromatic carbocycles. The number of hydrogen-bond donors (Lipinski definition) is 1. The number of carbonyl (C=O) groups is 1. The normalized spacial score (nSPS) is 12.2. The number of aryl methyl sites for hydroxylation is 1. The molecule has 5 nitrogen and oxygen atoms in total. The number of aromatic nitrogens is 1. The number of carbonyl (C=O) groups excluding carboxylic acids is 1. The molecule has 1 N–H and O–H groups in total. The lowest BCUT2D eigenvalue weighted by molar-refractivity contribution is 0.143. The van der Waals surface area contributed by atoms with Crippen molar-refractivity contribution in [1.29, 1.82) is 0 Å². The lowest BCUT2D eigenvalue weighted by atomic mass is 10.1. The first-order valence-electron chi connectivity index (χ1n) is 4.99. The van der Waals surface area contributed by atoms with Gasteiger partial charge in [-0.25, -0.2) is 4.79 Å². The van der Waals surface area contributed by atoms with Gasteiger partial charge in [-0.3, -0.25) is 5.32 Å². The van der Waals surface area contributed by atoms with Gasteiger partial charge >= 0.3 is 6.09 Å². The molecule has 5 heteroatoms. The number of hydrogen-bond acceptors (Lipinski definition) is 4. The Balaban J connectivity index is 2.30. The van der Waals surface area contributed by atoms with E-state index in [1.54, 1.807) is 13.0 Å². The average Bonchev–Trinajstić information content (AvgIpc) is 2.60. The molecular weight excluding hydrogens is 196 g/mol. The molecule has 0 saturated heterocycles. The van der Waals surface area contributed by atoms with E-state index in [-0.39, 0.29) is 0 Å². The highest BCUT2D eigenvalue weighted by atomic mass is 16.5. The SMILES string of the molecule is CC[C@@H](C)COC(=O)Nc1cc(C)on1. The van der Waals surface area contributed by atoms with Crippen molar-refractivity contribution >= 4 is 11.9 Å². The van der Waals surface area contributed by atoms with E-state index in [0.29, 0.717) is 24.1 Å². The maximum atomic E-state index is 11.2. The van der Waals surface area contributed by atoms with Gasteiger partial charge in [0.05, 0.1) is 6.61 Å². The zero-order valence-electron chi connectivity index (χ0n) is 9.24. The summed E-state index contributed by atoms with van der Waals surface area (Å²) in [4.78, 5) is 11.2. The number of anilines is 1. The molecule has 0 radical (unpaired) electrons. The standard InChI is InChI=1S/C10H16N2O3/c1-4-7(2)6-14-10(13)11-9-5-8(3)15-12-9/h5,7H,4,6H2,1-3H3,(H,11,12,13)/t7-/m1/s1. The molecule has 1 rings (SSSR count). The van der Waals surface area contributed by atoms with Gasteiger partial charge in [0.15, 0.2) is 5.82 Å². The summed E-state index contributed by atoms with van der Waals surface area (Å²) in [5.74, 6) is 1.39. The minimum atomic E-state index is -0.497. The summed E-state index contributed by atoms with van der Waals surface area (Å²) in [5.41, 5.74) is 0. The second-order valence-electron chi connectivity index (χ2n) is 3.56. The maximum absolute atomic E-state index is 11.2. The quantitative estimate of drug-likeness (QED) is 0.833. The molecule has 0 aliphatic carbocycles. The molecule has 0 bridgehead atoms. The number of ether oxygens (including phenoxy) is 1. The highest BCUT2D eigenvalue weighted by molar-refractivity contribution is 5.83. The topological polar surface area (TPSA) is 64.4 Å². The van der Waals surface area contributed by atoms with Crippen molar-refractivity contribution in [1.82, 2.24) is 5.16 Å². The van der Waals surface area contributed by atoms with E-state index in [9.17, 15) is 4.79 Å². The third-order valence-corrected chi connectivity index (χ3v) is 2.05. The monoisotopic (exact) mass is 212 g/mol. The Morgan fingerprint density at radius 1 is 1.73 bits per heavy atom. The van der Waals surface area contributed by atoms with Crippen LogP contribution in [0.15, 0.2) is 10.6 Å². The van der Waals surface area contributed by atoms with E-state index in [1.165, 1.54) is 0 Å². The molecule has 1 atom stereocenters. The molecule has 1 amide bonds. The second-order valence-corrected chi connectivity index (χ2v) is 3.56. The van der Waals surface area contributed by atoms with Crippen LogP contribution in [0.1, 0.15) is 26.0 Å². The van der Waals surface area contributed by atoms with Crippen LogP contribution in [-0.2, 0) is 4.74 Å². The van der Waals surface area contributed by atoms with E-state index in [4.69, 9.17) is 9.26 Å². The van der Waals surface area contributed by atoms with Crippen LogP contribution in [0.3, 0.4) is 0 Å². The van der Waals surface area contributed by atoms with Crippen LogP contribution >= 0.6 is 0 Å². The van der Waals surface area contributed by atoms with Gasteiger partial charge in [-0.05, 0) is 12.8 Å². The predicted molar refractivity (Wildman–Crippen MR) is 55.7 cm³/mol. The van der Waals surface area contributed by atoms with Crippen molar-refractivity contribution in [2.75, 3.05) is 11.9 Å². The molecule has 1 heterocycles. The molecule has 0 unspecified atom stereocenters. The maximum Gasteiger partial charge on any atom is 0.412 e. The molecule has 0 saturated carbocycles. The second kappa shape index (κ2) is 5.38. The van der Waals surface area contributed by atoms with Crippen LogP contribution in [0.25, 0.3) is 0 Å². The fourth-order valence-electron chi connectivity index (χ4n) is 0.902. The van der Waals surface area contributed by atoms with Crippen molar-refractivity contribution in [2.24, 2.45) is 5.92 Å². The van der Waals surface area contributed by atoms with Crippen LogP contribution in [0, 0.1) is 12.8 Å². The Morgan fingerprint density at radius 3 is 3.00 bits per heavy atom. The van der Waals surface area contributed by atoms with E-state index in [1.807, 2.05) is 13.8 Å². The summed E-state index contributed by atoms with van der Waals surface area (Å²) < 4.78 is 9.77. The van der Waals surface area contributed by atoms with Gasteiger partial charge in [0.2, 0.25) is 0 Å². The molecule has 84 valence electrons. The summed E-state index contributed by atoms with van der Waals surface area (Å²) in [6.45, 7) is 6.24. The smallest absolute Gasteiger partial charge is 0.412 e. The lowest BCUT2D eigenvalue weighted by Gasteiger charge is -2.08. The Bertz CT molecular complexity index is 322. The Kier molecular flexibility index (Phi) is 4.15. The highest BCUT2D eigenvalue weighted by Crippen LogP contribution is 2.08. The van der Waals surface area contributed by atoms with Gasteiger partial charge < -0.3 is 9.26 Å². The molecule has 0 aliphatic heterocycles. The molecule has 0 spiro atoms. The molecule has 1 aromatic rings. The van der Waals surface area contributed by atoms with Crippen LogP contribution in [-0.4, -0.2) is 17.9 Å². The van der Waals surface area contributed by atoms with Gasteiger partial charge in [0.25, 0.3) is 0 Å². The first-order chi connectivity index (χ1) is 7.11. The van der Waals surface area contributed by atoms with Crippen LogP contribution in [0.4, 0.5) is 10.6 Å². The van der Waals surface area contributed by atoms with E-state index >= 15 is 0 Å². The van der Waals surface area contributed by atoms with Crippen molar-refractivity contribution in [3.8, 4) is 0 Å². The molecule has 0 fully saturated rings. The van der Waals surface area contributed by atoms with E-state index in [2.05, 4.69) is 10.5 Å². The van der Waals surface area contributed by atoms with Crippen LogP contribution in [0.5, 0.6) is 0 Å². The Labute approximate surface area is 88.8 Å². The zero-order chi connectivity index (χ0) is 11.3. The van der Waals surface area contributed by atoms with Gasteiger partial charge in [-0.1, -0.05) is 25.4 Å². The Hall–Kier alpha value is -1.52. The van der Waals surface area contributed by atoms with Crippen LogP contribution < -0.4 is 5.32 Å². The number of nitrogens with one attached hydrogen (secondary N) is 1. The summed E-state index contributed by atoms with van der Waals surface area (Å²) in [6.07, 6.45) is 0.486. The van der Waals surface area contributed by atoms with Gasteiger partial charge in [-0.2, -0.15) is 0 Å². The Morgan fingerprint density at radius 2 is 2.47 bits per heavy atom. The number of nitrogens with zero attached hydrogens (tertiary/aromatic N) is 1. The van der Waals surface area contributed by atoms with Gasteiger partial charge in [-0.15, -0.1) is 0 Å². The summed E-state index contributed by atoms with van der Waals surface area (Å²) in [7, 11) is 0. The van der Waals surface area contributed by atoms with E-state index in [0.717, 1.165) is 6.42 Å². The van der Waals surface area contributed by atoms with Crippen LogP contribution in [0.2, 0.25) is 0 Å². The first kappa shape index (κ1) is 11.6. The highest BCUT2D eigenvalue weighted by Gasteiger charge is 2.08. The third kappa shape index (κ3) is 4.01. The third-order valence-electron chi connectivity index (χ3n) is 2.05. The largest absolute Gasteiger partial charge is 0.449 e. The zero-order valence-corrected chi connectivity index (χ0v) is 9.24. The molecule has 1 aromatic heterocycles.